The normalized spacial score (nSPS) is 9.82. The number of ether oxygens (including phenoxy) is 1. The number of aryl methyl sites for hydroxylation is 1. The lowest BCUT2D eigenvalue weighted by molar-refractivity contribution is -0.136. The molecule has 0 aliphatic heterocycles. The Hall–Kier alpha value is -2.09. The zero-order valence-corrected chi connectivity index (χ0v) is 9.69. The third-order valence-corrected chi connectivity index (χ3v) is 1.92. The molecule has 8 nitrogen and oxygen atoms in total. The van der Waals surface area contributed by atoms with Crippen LogP contribution in [0, 0.1) is 0 Å². The number of nitrogens with two attached hydrogens (primary N) is 1. The first-order valence-corrected chi connectivity index (χ1v) is 4.95. The van der Waals surface area contributed by atoms with E-state index in [1.54, 1.807) is 7.05 Å². The van der Waals surface area contributed by atoms with E-state index in [-0.39, 0.29) is 18.9 Å². The summed E-state index contributed by atoms with van der Waals surface area (Å²) in [6.45, 7) is 0.522. The van der Waals surface area contributed by atoms with Crippen molar-refractivity contribution in [2.75, 3.05) is 25.5 Å². The first-order valence-electron chi connectivity index (χ1n) is 4.95. The lowest BCUT2D eigenvalue weighted by Crippen LogP contribution is -2.38. The summed E-state index contributed by atoms with van der Waals surface area (Å²) in [6, 6.07) is 1.51. The third-order valence-electron chi connectivity index (χ3n) is 1.92. The second kappa shape index (κ2) is 5.85. The fraction of sp³-hybridized carbons (Fsp3) is 0.444. The lowest BCUT2D eigenvalue weighted by Gasteiger charge is -2.02. The largest absolute Gasteiger partial charge is 0.481 e. The molecule has 0 saturated carbocycles. The number of hydrogen-bond acceptors (Lipinski definition) is 5. The number of carbonyl (C=O) groups is 2. The predicted octanol–water partition coefficient (Wildman–Crippen LogP) is -1.56. The van der Waals surface area contributed by atoms with E-state index in [1.165, 1.54) is 17.9 Å². The Morgan fingerprint density at radius 1 is 1.53 bits per heavy atom. The van der Waals surface area contributed by atoms with Gasteiger partial charge in [0.25, 0.3) is 0 Å². The average Bonchev–Trinajstić information content (AvgIpc) is 2.66. The summed E-state index contributed by atoms with van der Waals surface area (Å²) < 4.78 is 6.40. The molecule has 1 rings (SSSR count). The number of hydrogen-bond donors (Lipinski definition) is 3. The molecule has 0 saturated heterocycles. The molecule has 1 aromatic heterocycles. The molecule has 94 valence electrons. The number of carbonyl (C=O) groups excluding carboxylic acids is 2. The van der Waals surface area contributed by atoms with Gasteiger partial charge in [0, 0.05) is 26.2 Å². The minimum atomic E-state index is -0.792. The van der Waals surface area contributed by atoms with Gasteiger partial charge >= 0.3 is 11.8 Å². The van der Waals surface area contributed by atoms with E-state index < -0.39 is 11.8 Å². The molecule has 17 heavy (non-hydrogen) atoms. The van der Waals surface area contributed by atoms with Gasteiger partial charge in [0.05, 0.1) is 7.11 Å². The Morgan fingerprint density at radius 2 is 2.24 bits per heavy atom. The number of aromatic nitrogens is 2. The third kappa shape index (κ3) is 3.45. The number of rotatable bonds is 4. The van der Waals surface area contributed by atoms with Crippen LogP contribution in [0.5, 0.6) is 5.88 Å². The molecule has 4 N–H and O–H groups in total. The highest BCUT2D eigenvalue weighted by Crippen LogP contribution is 2.14. The van der Waals surface area contributed by atoms with Crippen molar-refractivity contribution in [1.82, 2.24) is 15.1 Å². The summed E-state index contributed by atoms with van der Waals surface area (Å²) in [5.41, 5.74) is 5.19. The molecule has 0 radical (unpaired) electrons. The van der Waals surface area contributed by atoms with Gasteiger partial charge < -0.3 is 21.1 Å². The SMILES string of the molecule is COc1cc(NC(=O)C(=O)NCCN)nn1C. The van der Waals surface area contributed by atoms with Gasteiger partial charge in [-0.2, -0.15) is 5.10 Å². The van der Waals surface area contributed by atoms with Crippen molar-refractivity contribution in [3.8, 4) is 5.88 Å². The van der Waals surface area contributed by atoms with E-state index >= 15 is 0 Å². The molecular weight excluding hydrogens is 226 g/mol. The Labute approximate surface area is 98.1 Å². The van der Waals surface area contributed by atoms with Gasteiger partial charge in [-0.05, 0) is 0 Å². The number of methoxy groups -OCH3 is 1. The van der Waals surface area contributed by atoms with E-state index in [2.05, 4.69) is 15.7 Å². The van der Waals surface area contributed by atoms with Crippen molar-refractivity contribution < 1.29 is 14.3 Å². The van der Waals surface area contributed by atoms with E-state index in [1.807, 2.05) is 0 Å². The maximum atomic E-state index is 11.4. The van der Waals surface area contributed by atoms with Crippen molar-refractivity contribution in [2.24, 2.45) is 12.8 Å². The zero-order chi connectivity index (χ0) is 12.8. The molecule has 0 bridgehead atoms. The van der Waals surface area contributed by atoms with Crippen LogP contribution in [-0.4, -0.2) is 41.8 Å². The second-order valence-corrected chi connectivity index (χ2v) is 3.19. The van der Waals surface area contributed by atoms with Crippen molar-refractivity contribution in [2.45, 2.75) is 0 Å². The summed E-state index contributed by atoms with van der Waals surface area (Å²) in [4.78, 5) is 22.6. The molecule has 1 heterocycles. The number of anilines is 1. The van der Waals surface area contributed by atoms with Crippen molar-refractivity contribution in [1.29, 1.82) is 0 Å². The summed E-state index contributed by atoms with van der Waals surface area (Å²) in [5, 5.41) is 8.63. The van der Waals surface area contributed by atoms with Crippen LogP contribution in [0.25, 0.3) is 0 Å². The Kier molecular flexibility index (Phi) is 4.46. The molecular formula is C9H15N5O3. The summed E-state index contributed by atoms with van der Waals surface area (Å²) >= 11 is 0. The molecule has 1 aromatic rings. The highest BCUT2D eigenvalue weighted by Gasteiger charge is 2.15. The van der Waals surface area contributed by atoms with Gasteiger partial charge in [-0.25, -0.2) is 4.68 Å². The van der Waals surface area contributed by atoms with Crippen molar-refractivity contribution >= 4 is 17.6 Å². The van der Waals surface area contributed by atoms with E-state index in [0.29, 0.717) is 5.88 Å². The van der Waals surface area contributed by atoms with E-state index in [4.69, 9.17) is 10.5 Å². The smallest absolute Gasteiger partial charge is 0.314 e. The molecule has 0 aliphatic rings. The fourth-order valence-electron chi connectivity index (χ4n) is 1.14. The van der Waals surface area contributed by atoms with Crippen LogP contribution in [0.15, 0.2) is 6.07 Å². The van der Waals surface area contributed by atoms with Gasteiger partial charge in [0.2, 0.25) is 5.88 Å². The number of amides is 2. The van der Waals surface area contributed by atoms with Crippen LogP contribution < -0.4 is 21.1 Å². The van der Waals surface area contributed by atoms with Gasteiger partial charge in [0.1, 0.15) is 0 Å². The molecule has 0 aliphatic carbocycles. The highest BCUT2D eigenvalue weighted by atomic mass is 16.5. The van der Waals surface area contributed by atoms with Gasteiger partial charge in [0.15, 0.2) is 5.82 Å². The molecule has 0 atom stereocenters. The monoisotopic (exact) mass is 241 g/mol. The molecule has 0 fully saturated rings. The van der Waals surface area contributed by atoms with Gasteiger partial charge in [-0.1, -0.05) is 0 Å². The van der Waals surface area contributed by atoms with Gasteiger partial charge in [-0.15, -0.1) is 0 Å². The quantitative estimate of drug-likeness (QED) is 0.552. The Morgan fingerprint density at radius 3 is 2.76 bits per heavy atom. The summed E-state index contributed by atoms with van der Waals surface area (Å²) in [7, 11) is 3.14. The predicted molar refractivity (Wildman–Crippen MR) is 60.5 cm³/mol. The molecule has 8 heteroatoms. The van der Waals surface area contributed by atoms with Crippen LogP contribution in [0.4, 0.5) is 5.82 Å². The van der Waals surface area contributed by atoms with Crippen molar-refractivity contribution in [3.63, 3.8) is 0 Å². The number of nitrogens with zero attached hydrogens (tertiary/aromatic N) is 2. The first kappa shape index (κ1) is 13.0. The maximum absolute atomic E-state index is 11.4. The number of nitrogens with one attached hydrogen (secondary N) is 2. The maximum Gasteiger partial charge on any atom is 0.314 e. The van der Waals surface area contributed by atoms with Gasteiger partial charge in [-0.3, -0.25) is 9.59 Å². The molecule has 2 amide bonds. The average molecular weight is 241 g/mol. The summed E-state index contributed by atoms with van der Waals surface area (Å²) in [5.74, 6) is -0.820. The van der Waals surface area contributed by atoms with Crippen LogP contribution in [0.1, 0.15) is 0 Å². The van der Waals surface area contributed by atoms with Crippen LogP contribution >= 0.6 is 0 Å². The summed E-state index contributed by atoms with van der Waals surface area (Å²) in [6.07, 6.45) is 0. The fourth-order valence-corrected chi connectivity index (χ4v) is 1.14. The molecule has 0 spiro atoms. The van der Waals surface area contributed by atoms with Crippen molar-refractivity contribution in [3.05, 3.63) is 6.07 Å². The minimum Gasteiger partial charge on any atom is -0.481 e. The topological polar surface area (TPSA) is 111 Å². The Balaban J connectivity index is 2.58. The molecule has 0 aromatic carbocycles. The molecule has 0 unspecified atom stereocenters. The van der Waals surface area contributed by atoms with E-state index in [0.717, 1.165) is 0 Å². The van der Waals surface area contributed by atoms with Crippen LogP contribution in [0.2, 0.25) is 0 Å². The van der Waals surface area contributed by atoms with E-state index in [9.17, 15) is 9.59 Å². The zero-order valence-electron chi connectivity index (χ0n) is 9.69. The lowest BCUT2D eigenvalue weighted by atomic mass is 10.5. The minimum absolute atomic E-state index is 0.247. The second-order valence-electron chi connectivity index (χ2n) is 3.19. The van der Waals surface area contributed by atoms with Crippen LogP contribution in [0.3, 0.4) is 0 Å². The first-order chi connectivity index (χ1) is 8.08. The Bertz CT molecular complexity index is 415. The standard InChI is InChI=1S/C9H15N5O3/c1-14-7(17-2)5-6(13-14)12-9(16)8(15)11-4-3-10/h5H,3-4,10H2,1-2H3,(H,11,15)(H,12,13,16). The van der Waals surface area contributed by atoms with Crippen LogP contribution in [-0.2, 0) is 16.6 Å². The highest BCUT2D eigenvalue weighted by molar-refractivity contribution is 6.39.